The first-order valence-corrected chi connectivity index (χ1v) is 13.0. The maximum Gasteiger partial charge on any atom is 0.0748 e. The number of nitrogens with one attached hydrogen (secondary N) is 5. The van der Waals surface area contributed by atoms with Crippen LogP contribution >= 0.6 is 0 Å². The third kappa shape index (κ3) is 3.85. The van der Waals surface area contributed by atoms with Crippen LogP contribution in [0.5, 0.6) is 0 Å². The van der Waals surface area contributed by atoms with E-state index < -0.39 is 0 Å². The number of hydrogen-bond donors (Lipinski definition) is 5. The lowest BCUT2D eigenvalue weighted by atomic mass is 9.77. The number of piperidine rings is 4. The molecule has 6 rings (SSSR count). The Balaban J connectivity index is 1.28. The fourth-order valence-electron chi connectivity index (χ4n) is 7.60. The van der Waals surface area contributed by atoms with Gasteiger partial charge in [0.25, 0.3) is 0 Å². The fraction of sp³-hybridized carbons (Fsp3) is 1.00. The van der Waals surface area contributed by atoms with Crippen LogP contribution in [0.15, 0.2) is 0 Å². The molecule has 10 atom stereocenters. The lowest BCUT2D eigenvalue weighted by Crippen LogP contribution is -2.64. The molecule has 0 aromatic heterocycles. The summed E-state index contributed by atoms with van der Waals surface area (Å²) >= 11 is 0. The molecule has 8 bridgehead atoms. The number of nitrogens with zero attached hydrogens (tertiary/aromatic N) is 2. The first-order valence-electron chi connectivity index (χ1n) is 13.0. The molecule has 0 aliphatic carbocycles. The van der Waals surface area contributed by atoms with E-state index in [-0.39, 0.29) is 0 Å². The van der Waals surface area contributed by atoms with E-state index in [1.807, 2.05) is 0 Å². The van der Waals surface area contributed by atoms with Crippen LogP contribution in [0.25, 0.3) is 0 Å². The van der Waals surface area contributed by atoms with Gasteiger partial charge in [-0.2, -0.15) is 0 Å². The second kappa shape index (κ2) is 8.58. The van der Waals surface area contributed by atoms with E-state index in [0.29, 0.717) is 36.5 Å². The highest BCUT2D eigenvalue weighted by atomic mass is 15.6. The van der Waals surface area contributed by atoms with Crippen molar-refractivity contribution in [1.82, 2.24) is 36.6 Å². The molecule has 0 radical (unpaired) electrons. The molecule has 0 spiro atoms. The molecule has 30 heavy (non-hydrogen) atoms. The van der Waals surface area contributed by atoms with Crippen molar-refractivity contribution in [1.29, 1.82) is 0 Å². The Morgan fingerprint density at radius 3 is 2.67 bits per heavy atom. The van der Waals surface area contributed by atoms with Crippen molar-refractivity contribution < 1.29 is 0 Å². The van der Waals surface area contributed by atoms with Crippen LogP contribution in [-0.2, 0) is 0 Å². The van der Waals surface area contributed by atoms with Crippen LogP contribution < -0.4 is 26.7 Å². The molecule has 9 unspecified atom stereocenters. The molecule has 6 fully saturated rings. The third-order valence-electron chi connectivity index (χ3n) is 9.34. The molecule has 7 nitrogen and oxygen atoms in total. The molecule has 6 aliphatic rings. The molecule has 6 aliphatic heterocycles. The first kappa shape index (κ1) is 20.3. The molecule has 0 aromatic rings. The van der Waals surface area contributed by atoms with Gasteiger partial charge in [-0.3, -0.25) is 15.6 Å². The van der Waals surface area contributed by atoms with Crippen molar-refractivity contribution in [3.05, 3.63) is 0 Å². The minimum atomic E-state index is 0.493. The van der Waals surface area contributed by atoms with Crippen LogP contribution in [0.1, 0.15) is 51.9 Å². The van der Waals surface area contributed by atoms with Gasteiger partial charge in [0.1, 0.15) is 0 Å². The number of rotatable bonds is 0. The maximum atomic E-state index is 4.10. The topological polar surface area (TPSA) is 66.6 Å². The second-order valence-electron chi connectivity index (χ2n) is 11.2. The first-order chi connectivity index (χ1) is 14.7. The summed E-state index contributed by atoms with van der Waals surface area (Å²) in [5.41, 5.74) is 3.84. The Bertz CT molecular complexity index is 602. The normalized spacial score (nSPS) is 52.3. The molecule has 170 valence electrons. The van der Waals surface area contributed by atoms with Gasteiger partial charge < -0.3 is 16.0 Å². The van der Waals surface area contributed by atoms with E-state index in [2.05, 4.69) is 43.5 Å². The highest BCUT2D eigenvalue weighted by Crippen LogP contribution is 2.34. The summed E-state index contributed by atoms with van der Waals surface area (Å²) in [5.74, 6) is 2.27. The van der Waals surface area contributed by atoms with Gasteiger partial charge in [0.2, 0.25) is 0 Å². The maximum absolute atomic E-state index is 4.10. The molecule has 0 amide bonds. The quantitative estimate of drug-likeness (QED) is 0.387. The molecule has 6 heterocycles. The Hall–Kier alpha value is -0.280. The summed E-state index contributed by atoms with van der Waals surface area (Å²) in [5, 5.41) is 18.6. The van der Waals surface area contributed by atoms with E-state index in [1.54, 1.807) is 0 Å². The molecule has 7 heteroatoms. The van der Waals surface area contributed by atoms with Crippen LogP contribution in [-0.4, -0.2) is 85.7 Å². The van der Waals surface area contributed by atoms with Crippen molar-refractivity contribution in [3.8, 4) is 0 Å². The lowest BCUT2D eigenvalue weighted by Gasteiger charge is -2.47. The summed E-state index contributed by atoms with van der Waals surface area (Å²) < 4.78 is 0. The predicted octanol–water partition coefficient (Wildman–Crippen LogP) is 0.261. The average molecular weight is 418 g/mol. The van der Waals surface area contributed by atoms with Crippen molar-refractivity contribution in [2.24, 2.45) is 17.8 Å². The van der Waals surface area contributed by atoms with Gasteiger partial charge in [-0.25, -0.2) is 5.01 Å². The highest BCUT2D eigenvalue weighted by molar-refractivity contribution is 5.01. The zero-order chi connectivity index (χ0) is 20.1. The summed E-state index contributed by atoms with van der Waals surface area (Å²) in [4.78, 5) is 2.76. The van der Waals surface area contributed by atoms with Crippen molar-refractivity contribution in [3.63, 3.8) is 0 Å². The minimum absolute atomic E-state index is 0.493. The highest BCUT2D eigenvalue weighted by Gasteiger charge is 2.45. The van der Waals surface area contributed by atoms with Crippen LogP contribution in [0, 0.1) is 17.8 Å². The lowest BCUT2D eigenvalue weighted by molar-refractivity contribution is -0.00289. The van der Waals surface area contributed by atoms with Gasteiger partial charge in [0, 0.05) is 49.7 Å². The van der Waals surface area contributed by atoms with E-state index in [4.69, 9.17) is 0 Å². The van der Waals surface area contributed by atoms with Gasteiger partial charge in [0.05, 0.1) is 12.3 Å². The van der Waals surface area contributed by atoms with Crippen LogP contribution in [0.2, 0.25) is 0 Å². The van der Waals surface area contributed by atoms with Crippen molar-refractivity contribution in [2.45, 2.75) is 88.4 Å². The molecule has 6 saturated heterocycles. The smallest absolute Gasteiger partial charge is 0.0748 e. The van der Waals surface area contributed by atoms with Gasteiger partial charge in [0.15, 0.2) is 0 Å². The van der Waals surface area contributed by atoms with Crippen LogP contribution in [0.3, 0.4) is 0 Å². The Morgan fingerprint density at radius 1 is 0.800 bits per heavy atom. The summed E-state index contributed by atoms with van der Waals surface area (Å²) in [6.45, 7) is 9.61. The molecular weight excluding hydrogens is 374 g/mol. The fourth-order valence-corrected chi connectivity index (χ4v) is 7.60. The third-order valence-corrected chi connectivity index (χ3v) is 9.34. The van der Waals surface area contributed by atoms with Gasteiger partial charge in [-0.1, -0.05) is 0 Å². The van der Waals surface area contributed by atoms with Gasteiger partial charge in [-0.05, 0) is 83.3 Å². The predicted molar refractivity (Wildman–Crippen MR) is 120 cm³/mol. The largest absolute Gasteiger partial charge is 0.316 e. The Labute approximate surface area is 182 Å². The summed E-state index contributed by atoms with van der Waals surface area (Å²) in [6.07, 6.45) is 10.3. The van der Waals surface area contributed by atoms with E-state index >= 15 is 0 Å². The zero-order valence-corrected chi connectivity index (χ0v) is 18.8. The second-order valence-corrected chi connectivity index (χ2v) is 11.2. The van der Waals surface area contributed by atoms with Crippen molar-refractivity contribution >= 4 is 0 Å². The summed E-state index contributed by atoms with van der Waals surface area (Å²) in [6, 6.07) is 2.59. The average Bonchev–Trinajstić information content (AvgIpc) is 3.22. The number of hydrazine groups is 1. The Kier molecular flexibility index (Phi) is 5.81. The van der Waals surface area contributed by atoms with Gasteiger partial charge >= 0.3 is 0 Å². The summed E-state index contributed by atoms with van der Waals surface area (Å²) in [7, 11) is 0. The number of hydrogen-bond acceptors (Lipinski definition) is 7. The van der Waals surface area contributed by atoms with Gasteiger partial charge in [-0.15, -0.1) is 0 Å². The number of fused-ring (bicyclic) bond motifs is 10. The van der Waals surface area contributed by atoms with Crippen molar-refractivity contribution in [2.75, 3.05) is 39.3 Å². The van der Waals surface area contributed by atoms with E-state index in [1.165, 1.54) is 77.7 Å². The Morgan fingerprint density at radius 2 is 1.70 bits per heavy atom. The minimum Gasteiger partial charge on any atom is -0.316 e. The van der Waals surface area contributed by atoms with Crippen LogP contribution in [0.4, 0.5) is 0 Å². The van der Waals surface area contributed by atoms with E-state index in [9.17, 15) is 0 Å². The molecule has 0 aromatic carbocycles. The van der Waals surface area contributed by atoms with E-state index in [0.717, 1.165) is 24.3 Å². The SMILES string of the molecule is CC1N[C@H]2CCCN(C2)C2CCCC(N2)N2NCC3CNC(CC32)C2CNCC1C2. The molecule has 0 saturated carbocycles. The zero-order valence-electron chi connectivity index (χ0n) is 18.8. The standard InChI is InChI=1S/C23H43N7/c1-15-16-8-17(11-24-10-16)20-9-21-18(12-25-20)13-26-30(21)23-6-2-5-22(28-23)29-7-3-4-19(14-29)27-15/h15-28H,2-14H2,1H3/t15?,16?,17?,18?,19-,20?,21?,22?,23?/m0/s1. The molecular formula is C23H43N7. The monoisotopic (exact) mass is 417 g/mol. The molecule has 5 N–H and O–H groups in total.